The van der Waals surface area contributed by atoms with Crippen molar-refractivity contribution >= 4 is 22.6 Å². The Kier molecular flexibility index (Phi) is 3.88. The first-order chi connectivity index (χ1) is 9.94. The first-order valence-electron chi connectivity index (χ1n) is 7.51. The Morgan fingerprint density at radius 1 is 1.24 bits per heavy atom. The summed E-state index contributed by atoms with van der Waals surface area (Å²) in [4.78, 5) is 11.5. The van der Waals surface area contributed by atoms with Crippen LogP contribution in [0.4, 0.5) is 0 Å². The maximum atomic E-state index is 6.25. The normalized spacial score (nSPS) is 19.8. The number of likely N-dealkylation sites (tertiary alicyclic amines) is 1. The Balaban J connectivity index is 1.80. The summed E-state index contributed by atoms with van der Waals surface area (Å²) in [5.41, 5.74) is 1.25. The number of rotatable bonds is 2. The molecule has 0 saturated carbocycles. The topological polar surface area (TPSA) is 46.8 Å². The van der Waals surface area contributed by atoms with Crippen molar-refractivity contribution in [1.82, 2.24) is 24.6 Å². The van der Waals surface area contributed by atoms with E-state index in [-0.39, 0.29) is 0 Å². The van der Waals surface area contributed by atoms with Gasteiger partial charge in [-0.05, 0) is 37.8 Å². The number of aryl methyl sites for hydroxylation is 1. The fraction of sp³-hybridized carbons (Fsp3) is 0.667. The summed E-state index contributed by atoms with van der Waals surface area (Å²) in [5.74, 6) is 0.788. The summed E-state index contributed by atoms with van der Waals surface area (Å²) in [6.45, 7) is 7.67. The van der Waals surface area contributed by atoms with Crippen LogP contribution < -0.4 is 0 Å². The molecular weight excluding hydrogens is 286 g/mol. The van der Waals surface area contributed by atoms with Gasteiger partial charge in [0, 0.05) is 7.05 Å². The fourth-order valence-electron chi connectivity index (χ4n) is 2.94. The van der Waals surface area contributed by atoms with Gasteiger partial charge in [-0.3, -0.25) is 9.58 Å². The molecule has 6 heteroatoms. The quantitative estimate of drug-likeness (QED) is 0.800. The van der Waals surface area contributed by atoms with Crippen molar-refractivity contribution in [3.63, 3.8) is 0 Å². The average Bonchev–Trinajstić information content (AvgIpc) is 2.69. The van der Waals surface area contributed by atoms with E-state index in [4.69, 9.17) is 11.6 Å². The molecule has 2 aromatic rings. The van der Waals surface area contributed by atoms with Crippen molar-refractivity contribution in [1.29, 1.82) is 0 Å². The van der Waals surface area contributed by atoms with Gasteiger partial charge in [-0.25, -0.2) is 9.97 Å². The van der Waals surface area contributed by atoms with Crippen LogP contribution in [-0.4, -0.2) is 37.7 Å². The Morgan fingerprint density at radius 2 is 2.05 bits per heavy atom. The molecule has 21 heavy (non-hydrogen) atoms. The Morgan fingerprint density at radius 3 is 2.86 bits per heavy atom. The van der Waals surface area contributed by atoms with Crippen molar-refractivity contribution < 1.29 is 0 Å². The largest absolute Gasteiger partial charge is 0.296 e. The molecule has 0 aromatic carbocycles. The molecule has 1 saturated heterocycles. The number of fused-ring (bicyclic) bond motifs is 1. The van der Waals surface area contributed by atoms with Crippen LogP contribution >= 0.6 is 11.6 Å². The average molecular weight is 308 g/mol. The molecule has 114 valence electrons. The lowest BCUT2D eigenvalue weighted by Crippen LogP contribution is -2.26. The monoisotopic (exact) mass is 307 g/mol. The lowest BCUT2D eigenvalue weighted by atomic mass is 9.85. The second kappa shape index (κ2) is 5.54. The number of hydrogen-bond acceptors (Lipinski definition) is 4. The molecule has 0 radical (unpaired) electrons. The first-order valence-corrected chi connectivity index (χ1v) is 7.89. The smallest absolute Gasteiger partial charge is 0.162 e. The lowest BCUT2D eigenvalue weighted by Gasteiger charge is -2.22. The zero-order valence-corrected chi connectivity index (χ0v) is 13.7. The van der Waals surface area contributed by atoms with Gasteiger partial charge in [0.05, 0.1) is 18.1 Å². The molecule has 0 unspecified atom stereocenters. The predicted molar refractivity (Wildman–Crippen MR) is 84.2 cm³/mol. The fourth-order valence-corrected chi connectivity index (χ4v) is 3.17. The van der Waals surface area contributed by atoms with Crippen molar-refractivity contribution in [2.45, 2.75) is 39.7 Å². The molecule has 0 amide bonds. The third-order valence-electron chi connectivity index (χ3n) is 4.39. The van der Waals surface area contributed by atoms with Crippen LogP contribution in [0, 0.1) is 5.41 Å². The highest BCUT2D eigenvalue weighted by atomic mass is 35.5. The second-order valence-electron chi connectivity index (χ2n) is 6.73. The van der Waals surface area contributed by atoms with E-state index in [0.717, 1.165) is 36.5 Å². The van der Waals surface area contributed by atoms with Gasteiger partial charge in [-0.1, -0.05) is 25.4 Å². The van der Waals surface area contributed by atoms with E-state index in [1.807, 2.05) is 7.05 Å². The third kappa shape index (κ3) is 3.19. The van der Waals surface area contributed by atoms with Gasteiger partial charge in [0.25, 0.3) is 0 Å². The van der Waals surface area contributed by atoms with Gasteiger partial charge in [0.1, 0.15) is 11.0 Å². The van der Waals surface area contributed by atoms with Gasteiger partial charge in [0.15, 0.2) is 5.65 Å². The lowest BCUT2D eigenvalue weighted by molar-refractivity contribution is 0.251. The van der Waals surface area contributed by atoms with E-state index in [0.29, 0.717) is 10.6 Å². The summed E-state index contributed by atoms with van der Waals surface area (Å²) >= 11 is 6.25. The summed E-state index contributed by atoms with van der Waals surface area (Å²) in [5, 5.41) is 5.51. The second-order valence-corrected chi connectivity index (χ2v) is 7.09. The minimum atomic E-state index is 0.444. The van der Waals surface area contributed by atoms with Crippen LogP contribution in [-0.2, 0) is 13.6 Å². The highest BCUT2D eigenvalue weighted by molar-refractivity contribution is 6.33. The minimum absolute atomic E-state index is 0.444. The van der Waals surface area contributed by atoms with Gasteiger partial charge in [-0.2, -0.15) is 5.10 Å². The SMILES string of the molecule is Cn1ncc2c(Cl)nc(CN3CCCC(C)(C)CC3)nc21. The highest BCUT2D eigenvalue weighted by Gasteiger charge is 2.23. The van der Waals surface area contributed by atoms with E-state index >= 15 is 0 Å². The first kappa shape index (κ1) is 14.7. The van der Waals surface area contributed by atoms with Crippen molar-refractivity contribution in [2.24, 2.45) is 12.5 Å². The van der Waals surface area contributed by atoms with Crippen LogP contribution in [0.2, 0.25) is 5.15 Å². The Hall–Kier alpha value is -1.20. The van der Waals surface area contributed by atoms with Crippen molar-refractivity contribution in [3.8, 4) is 0 Å². The van der Waals surface area contributed by atoms with E-state index in [1.165, 1.54) is 19.3 Å². The van der Waals surface area contributed by atoms with Gasteiger partial charge in [-0.15, -0.1) is 0 Å². The predicted octanol–water partition coefficient (Wildman–Crippen LogP) is 3.03. The number of hydrogen-bond donors (Lipinski definition) is 0. The molecule has 1 fully saturated rings. The summed E-state index contributed by atoms with van der Waals surface area (Å²) in [7, 11) is 1.88. The van der Waals surface area contributed by atoms with Crippen molar-refractivity contribution in [3.05, 3.63) is 17.2 Å². The number of aromatic nitrogens is 4. The summed E-state index contributed by atoms with van der Waals surface area (Å²) in [6.07, 6.45) is 5.45. The van der Waals surface area contributed by atoms with Crippen LogP contribution in [0.5, 0.6) is 0 Å². The number of nitrogens with zero attached hydrogens (tertiary/aromatic N) is 5. The molecule has 2 aromatic heterocycles. The van der Waals surface area contributed by atoms with Gasteiger partial charge < -0.3 is 0 Å². The van der Waals surface area contributed by atoms with E-state index in [2.05, 4.69) is 33.8 Å². The van der Waals surface area contributed by atoms with Crippen molar-refractivity contribution in [2.75, 3.05) is 13.1 Å². The Bertz CT molecular complexity index is 649. The molecule has 0 aliphatic carbocycles. The summed E-state index contributed by atoms with van der Waals surface area (Å²) < 4.78 is 1.75. The van der Waals surface area contributed by atoms with Crippen LogP contribution in [0.15, 0.2) is 6.20 Å². The minimum Gasteiger partial charge on any atom is -0.296 e. The Labute approximate surface area is 130 Å². The van der Waals surface area contributed by atoms with Crippen LogP contribution in [0.25, 0.3) is 11.0 Å². The van der Waals surface area contributed by atoms with E-state index in [9.17, 15) is 0 Å². The molecule has 0 spiro atoms. The third-order valence-corrected chi connectivity index (χ3v) is 4.68. The molecule has 1 aliphatic rings. The summed E-state index contributed by atoms with van der Waals surface area (Å²) in [6, 6.07) is 0. The highest BCUT2D eigenvalue weighted by Crippen LogP contribution is 2.30. The maximum absolute atomic E-state index is 6.25. The molecular formula is C15H22ClN5. The van der Waals surface area contributed by atoms with Gasteiger partial charge in [0.2, 0.25) is 0 Å². The molecule has 0 N–H and O–H groups in total. The van der Waals surface area contributed by atoms with E-state index < -0.39 is 0 Å². The molecule has 3 rings (SSSR count). The molecule has 3 heterocycles. The van der Waals surface area contributed by atoms with Gasteiger partial charge >= 0.3 is 0 Å². The molecule has 0 bridgehead atoms. The molecule has 0 atom stereocenters. The zero-order valence-electron chi connectivity index (χ0n) is 12.9. The number of halogens is 1. The zero-order chi connectivity index (χ0) is 15.0. The molecule has 5 nitrogen and oxygen atoms in total. The standard InChI is InChI=1S/C15H22ClN5/c1-15(2)5-4-7-21(8-6-15)10-12-18-13(16)11-9-17-20(3)14(11)19-12/h9H,4-8,10H2,1-3H3. The van der Waals surface area contributed by atoms with E-state index in [1.54, 1.807) is 10.9 Å². The van der Waals surface area contributed by atoms with Crippen LogP contribution in [0.3, 0.4) is 0 Å². The maximum Gasteiger partial charge on any atom is 0.162 e. The van der Waals surface area contributed by atoms with Crippen LogP contribution in [0.1, 0.15) is 38.9 Å². The molecule has 1 aliphatic heterocycles.